The lowest BCUT2D eigenvalue weighted by Gasteiger charge is -2.30. The van der Waals surface area contributed by atoms with Gasteiger partial charge in [0.25, 0.3) is 0 Å². The molecule has 0 saturated heterocycles. The fraction of sp³-hybridized carbons (Fsp3) is 0.500. The summed E-state index contributed by atoms with van der Waals surface area (Å²) in [6, 6.07) is 7.39. The topological polar surface area (TPSA) is 55.6 Å². The number of hydrogen-bond acceptors (Lipinski definition) is 3. The first-order valence-corrected chi connectivity index (χ1v) is 6.19. The van der Waals surface area contributed by atoms with E-state index in [4.69, 9.17) is 10.5 Å². The molecule has 0 atom stereocenters. The molecule has 0 radical (unpaired) electrons. The van der Waals surface area contributed by atoms with Crippen LogP contribution in [0.2, 0.25) is 0 Å². The van der Waals surface area contributed by atoms with E-state index in [2.05, 4.69) is 0 Å². The lowest BCUT2D eigenvalue weighted by molar-refractivity contribution is -0.123. The summed E-state index contributed by atoms with van der Waals surface area (Å²) in [7, 11) is 3.34. The minimum absolute atomic E-state index is 0.0687. The van der Waals surface area contributed by atoms with Crippen LogP contribution in [0, 0.1) is 0 Å². The minimum atomic E-state index is -0.794. The van der Waals surface area contributed by atoms with Crippen LogP contribution in [0.15, 0.2) is 24.3 Å². The van der Waals surface area contributed by atoms with Crippen molar-refractivity contribution >= 4 is 11.6 Å². The van der Waals surface area contributed by atoms with E-state index in [1.165, 1.54) is 0 Å². The van der Waals surface area contributed by atoms with E-state index in [9.17, 15) is 4.79 Å². The predicted molar refractivity (Wildman–Crippen MR) is 73.9 cm³/mol. The summed E-state index contributed by atoms with van der Waals surface area (Å²) in [5, 5.41) is 0. The first-order chi connectivity index (χ1) is 8.48. The van der Waals surface area contributed by atoms with Gasteiger partial charge in [-0.05, 0) is 25.0 Å². The van der Waals surface area contributed by atoms with Crippen LogP contribution >= 0.6 is 0 Å². The van der Waals surface area contributed by atoms with Crippen molar-refractivity contribution in [3.63, 3.8) is 0 Å². The average molecular weight is 250 g/mol. The van der Waals surface area contributed by atoms with Gasteiger partial charge in [-0.1, -0.05) is 19.9 Å². The molecule has 0 saturated carbocycles. The fourth-order valence-corrected chi connectivity index (χ4v) is 1.82. The summed E-state index contributed by atoms with van der Waals surface area (Å²) < 4.78 is 5.15. The molecule has 1 amide bonds. The van der Waals surface area contributed by atoms with Gasteiger partial charge >= 0.3 is 0 Å². The summed E-state index contributed by atoms with van der Waals surface area (Å²) >= 11 is 0. The zero-order chi connectivity index (χ0) is 13.8. The highest BCUT2D eigenvalue weighted by atomic mass is 16.5. The number of methoxy groups -OCH3 is 1. The minimum Gasteiger partial charge on any atom is -0.497 e. The van der Waals surface area contributed by atoms with Gasteiger partial charge in [-0.15, -0.1) is 0 Å². The van der Waals surface area contributed by atoms with E-state index in [1.807, 2.05) is 38.1 Å². The van der Waals surface area contributed by atoms with Crippen LogP contribution in [-0.4, -0.2) is 25.6 Å². The maximum absolute atomic E-state index is 12.4. The maximum Gasteiger partial charge on any atom is 0.246 e. The van der Waals surface area contributed by atoms with E-state index in [0.29, 0.717) is 12.8 Å². The molecule has 2 N–H and O–H groups in total. The Morgan fingerprint density at radius 2 is 2.00 bits per heavy atom. The van der Waals surface area contributed by atoms with E-state index in [-0.39, 0.29) is 5.91 Å². The van der Waals surface area contributed by atoms with Crippen LogP contribution < -0.4 is 15.4 Å². The normalized spacial score (nSPS) is 11.2. The molecule has 0 aliphatic heterocycles. The second-order valence-corrected chi connectivity index (χ2v) is 4.43. The third-order valence-corrected chi connectivity index (χ3v) is 3.43. The summed E-state index contributed by atoms with van der Waals surface area (Å²) in [5.74, 6) is 0.656. The number of amides is 1. The number of ether oxygens (including phenoxy) is 1. The zero-order valence-corrected chi connectivity index (χ0v) is 11.6. The van der Waals surface area contributed by atoms with Crippen molar-refractivity contribution in [3.8, 4) is 5.75 Å². The van der Waals surface area contributed by atoms with Crippen LogP contribution in [0.25, 0.3) is 0 Å². The van der Waals surface area contributed by atoms with Gasteiger partial charge in [-0.25, -0.2) is 0 Å². The Morgan fingerprint density at radius 1 is 1.39 bits per heavy atom. The Hall–Kier alpha value is -1.55. The van der Waals surface area contributed by atoms with Crippen molar-refractivity contribution in [3.05, 3.63) is 24.3 Å². The smallest absolute Gasteiger partial charge is 0.246 e. The number of hydrogen-bond donors (Lipinski definition) is 1. The highest BCUT2D eigenvalue weighted by Gasteiger charge is 2.33. The van der Waals surface area contributed by atoms with Crippen molar-refractivity contribution in [1.82, 2.24) is 0 Å². The number of nitrogens with zero attached hydrogens (tertiary/aromatic N) is 1. The molecular formula is C14H22N2O2. The van der Waals surface area contributed by atoms with Gasteiger partial charge in [-0.2, -0.15) is 0 Å². The number of likely N-dealkylation sites (N-methyl/N-ethyl adjacent to an activating group) is 1. The van der Waals surface area contributed by atoms with Crippen molar-refractivity contribution in [2.45, 2.75) is 32.2 Å². The Bertz CT molecular complexity index is 414. The lowest BCUT2D eigenvalue weighted by atomic mass is 9.92. The van der Waals surface area contributed by atoms with Crippen LogP contribution in [0.1, 0.15) is 26.7 Å². The molecule has 0 unspecified atom stereocenters. The standard InChI is InChI=1S/C14H22N2O2/c1-5-14(15,6-2)13(17)16(3)11-8-7-9-12(10-11)18-4/h7-10H,5-6,15H2,1-4H3. The molecule has 4 heteroatoms. The Labute approximate surface area is 109 Å². The second-order valence-electron chi connectivity index (χ2n) is 4.43. The molecule has 0 aromatic heterocycles. The molecule has 1 aromatic rings. The Morgan fingerprint density at radius 3 is 2.50 bits per heavy atom. The Kier molecular flexibility index (Phi) is 4.73. The molecule has 0 bridgehead atoms. The second kappa shape index (κ2) is 5.87. The average Bonchev–Trinajstić information content (AvgIpc) is 2.44. The number of benzene rings is 1. The largest absolute Gasteiger partial charge is 0.497 e. The van der Waals surface area contributed by atoms with Gasteiger partial charge in [0.15, 0.2) is 0 Å². The summed E-state index contributed by atoms with van der Waals surface area (Å²) in [4.78, 5) is 14.0. The number of carbonyl (C=O) groups is 1. The molecular weight excluding hydrogens is 228 g/mol. The van der Waals surface area contributed by atoms with Crippen LogP contribution in [0.4, 0.5) is 5.69 Å². The summed E-state index contributed by atoms with van der Waals surface area (Å²) in [6.45, 7) is 3.86. The molecule has 1 aromatic carbocycles. The summed E-state index contributed by atoms with van der Waals surface area (Å²) in [6.07, 6.45) is 1.24. The SMILES string of the molecule is CCC(N)(CC)C(=O)N(C)c1cccc(OC)c1. The van der Waals surface area contributed by atoms with E-state index in [0.717, 1.165) is 11.4 Å². The monoisotopic (exact) mass is 250 g/mol. The molecule has 0 aliphatic carbocycles. The van der Waals surface area contributed by atoms with E-state index >= 15 is 0 Å². The lowest BCUT2D eigenvalue weighted by Crippen LogP contribution is -2.53. The number of anilines is 1. The van der Waals surface area contributed by atoms with Gasteiger partial charge in [-0.3, -0.25) is 4.79 Å². The Balaban J connectivity index is 2.99. The molecule has 0 heterocycles. The molecule has 0 fully saturated rings. The van der Waals surface area contributed by atoms with Gasteiger partial charge in [0.2, 0.25) is 5.91 Å². The molecule has 0 spiro atoms. The van der Waals surface area contributed by atoms with Crippen LogP contribution in [-0.2, 0) is 4.79 Å². The third-order valence-electron chi connectivity index (χ3n) is 3.43. The first-order valence-electron chi connectivity index (χ1n) is 6.19. The highest BCUT2D eigenvalue weighted by molar-refractivity contribution is 5.99. The van der Waals surface area contributed by atoms with E-state index < -0.39 is 5.54 Å². The maximum atomic E-state index is 12.4. The van der Waals surface area contributed by atoms with E-state index in [1.54, 1.807) is 19.1 Å². The van der Waals surface area contributed by atoms with Gasteiger partial charge in [0.05, 0.1) is 12.6 Å². The summed E-state index contributed by atoms with van der Waals surface area (Å²) in [5.41, 5.74) is 6.12. The molecule has 4 nitrogen and oxygen atoms in total. The van der Waals surface area contributed by atoms with Gasteiger partial charge < -0.3 is 15.4 Å². The van der Waals surface area contributed by atoms with Gasteiger partial charge in [0, 0.05) is 18.8 Å². The van der Waals surface area contributed by atoms with Crippen LogP contribution in [0.3, 0.4) is 0 Å². The molecule has 1 rings (SSSR count). The third kappa shape index (κ3) is 2.82. The fourth-order valence-electron chi connectivity index (χ4n) is 1.82. The van der Waals surface area contributed by atoms with Crippen molar-refractivity contribution in [1.29, 1.82) is 0 Å². The van der Waals surface area contributed by atoms with Gasteiger partial charge in [0.1, 0.15) is 5.75 Å². The molecule has 18 heavy (non-hydrogen) atoms. The number of carbonyl (C=O) groups excluding carboxylic acids is 1. The number of nitrogens with two attached hydrogens (primary N) is 1. The first kappa shape index (κ1) is 14.5. The molecule has 0 aliphatic rings. The van der Waals surface area contributed by atoms with Crippen LogP contribution in [0.5, 0.6) is 5.75 Å². The predicted octanol–water partition coefficient (Wildman–Crippen LogP) is 2.18. The van der Waals surface area contributed by atoms with Crippen molar-refractivity contribution in [2.75, 3.05) is 19.1 Å². The molecule has 100 valence electrons. The number of rotatable bonds is 5. The van der Waals surface area contributed by atoms with Crippen molar-refractivity contribution in [2.24, 2.45) is 5.73 Å². The van der Waals surface area contributed by atoms with Crippen molar-refractivity contribution < 1.29 is 9.53 Å². The quantitative estimate of drug-likeness (QED) is 0.871. The zero-order valence-electron chi connectivity index (χ0n) is 11.6. The highest BCUT2D eigenvalue weighted by Crippen LogP contribution is 2.23.